The summed E-state index contributed by atoms with van der Waals surface area (Å²) in [5, 5.41) is 4.09. The first-order valence-electron chi connectivity index (χ1n) is 8.40. The van der Waals surface area contributed by atoms with Gasteiger partial charge < -0.3 is 10.2 Å². The summed E-state index contributed by atoms with van der Waals surface area (Å²) >= 11 is 1.66. The van der Waals surface area contributed by atoms with Gasteiger partial charge in [0.1, 0.15) is 0 Å². The summed E-state index contributed by atoms with van der Waals surface area (Å²) in [4.78, 5) is 30.4. The maximum atomic E-state index is 12.6. The topological polar surface area (TPSA) is 62.3 Å². The molecular formula is C18H21N3O2S. The highest BCUT2D eigenvalue weighted by Gasteiger charge is 2.58. The number of anilines is 1. The molecule has 0 bridgehead atoms. The third kappa shape index (κ3) is 2.69. The fourth-order valence-corrected chi connectivity index (χ4v) is 4.70. The summed E-state index contributed by atoms with van der Waals surface area (Å²) in [6.07, 6.45) is 2.83. The van der Waals surface area contributed by atoms with Crippen molar-refractivity contribution in [3.05, 3.63) is 23.2 Å². The van der Waals surface area contributed by atoms with Crippen molar-refractivity contribution >= 4 is 39.1 Å². The second-order valence-corrected chi connectivity index (χ2v) is 8.26. The van der Waals surface area contributed by atoms with Crippen molar-refractivity contribution in [3.63, 3.8) is 0 Å². The van der Waals surface area contributed by atoms with E-state index in [4.69, 9.17) is 0 Å². The van der Waals surface area contributed by atoms with E-state index in [0.29, 0.717) is 0 Å². The molecule has 126 valence electrons. The van der Waals surface area contributed by atoms with Gasteiger partial charge in [-0.05, 0) is 49.8 Å². The maximum absolute atomic E-state index is 12.6. The molecule has 1 aliphatic carbocycles. The lowest BCUT2D eigenvalue weighted by Gasteiger charge is -2.32. The van der Waals surface area contributed by atoms with Crippen LogP contribution in [0.2, 0.25) is 0 Å². The predicted molar refractivity (Wildman–Crippen MR) is 95.0 cm³/mol. The zero-order valence-electron chi connectivity index (χ0n) is 14.0. The Morgan fingerprint density at radius 2 is 2.08 bits per heavy atom. The Kier molecular flexibility index (Phi) is 3.60. The minimum absolute atomic E-state index is 0.0828. The highest BCUT2D eigenvalue weighted by molar-refractivity contribution is 7.18. The van der Waals surface area contributed by atoms with Crippen LogP contribution in [0.15, 0.2) is 18.2 Å². The fourth-order valence-electron chi connectivity index (χ4n) is 3.89. The second-order valence-electron chi connectivity index (χ2n) is 7.03. The van der Waals surface area contributed by atoms with Crippen LogP contribution in [0.4, 0.5) is 5.69 Å². The molecule has 24 heavy (non-hydrogen) atoms. The van der Waals surface area contributed by atoms with E-state index in [1.54, 1.807) is 18.3 Å². The molecule has 0 radical (unpaired) electrons. The molecule has 2 aliphatic rings. The Bertz CT molecular complexity index is 821. The molecule has 1 N–H and O–H groups in total. The smallest absolute Gasteiger partial charge is 0.228 e. The van der Waals surface area contributed by atoms with Gasteiger partial charge in [-0.1, -0.05) is 0 Å². The number of rotatable bonds is 2. The van der Waals surface area contributed by atoms with Crippen LogP contribution in [0.3, 0.4) is 0 Å². The number of likely N-dealkylation sites (tertiary alicyclic amines) is 1. The van der Waals surface area contributed by atoms with Crippen LogP contribution in [0.25, 0.3) is 10.2 Å². The summed E-state index contributed by atoms with van der Waals surface area (Å²) in [5.41, 5.74) is 1.88. The number of benzene rings is 1. The first kappa shape index (κ1) is 15.6. The van der Waals surface area contributed by atoms with E-state index < -0.39 is 0 Å². The van der Waals surface area contributed by atoms with E-state index in [9.17, 15) is 9.59 Å². The number of hydrogen-bond acceptors (Lipinski definition) is 4. The van der Waals surface area contributed by atoms with Gasteiger partial charge in [0.2, 0.25) is 11.8 Å². The monoisotopic (exact) mass is 343 g/mol. The standard InChI is InChI=1S/C18H21N3O2S/c1-11-19-15-9-13(3-4-16(15)24-11)20-17(23)14-10-18(14)5-7-21(8-6-18)12(2)22/h3-4,9,14H,5-8,10H2,1-2H3,(H,20,23). The van der Waals surface area contributed by atoms with Gasteiger partial charge in [-0.3, -0.25) is 9.59 Å². The number of nitrogens with zero attached hydrogens (tertiary/aromatic N) is 2. The number of nitrogens with one attached hydrogen (secondary N) is 1. The average molecular weight is 343 g/mol. The highest BCUT2D eigenvalue weighted by atomic mass is 32.1. The minimum Gasteiger partial charge on any atom is -0.343 e. The third-order valence-electron chi connectivity index (χ3n) is 5.47. The Balaban J connectivity index is 1.41. The zero-order chi connectivity index (χ0) is 16.9. The molecule has 2 heterocycles. The first-order chi connectivity index (χ1) is 11.5. The number of piperidine rings is 1. The van der Waals surface area contributed by atoms with Crippen molar-refractivity contribution in [2.24, 2.45) is 11.3 Å². The van der Waals surface area contributed by atoms with Crippen molar-refractivity contribution in [1.29, 1.82) is 0 Å². The Labute approximate surface area is 145 Å². The lowest BCUT2D eigenvalue weighted by atomic mass is 9.90. The highest BCUT2D eigenvalue weighted by Crippen LogP contribution is 2.59. The number of carbonyl (C=O) groups excluding carboxylic acids is 2. The molecule has 1 saturated heterocycles. The molecule has 6 heteroatoms. The molecule has 1 aliphatic heterocycles. The van der Waals surface area contributed by atoms with Crippen LogP contribution in [-0.4, -0.2) is 34.8 Å². The summed E-state index contributed by atoms with van der Waals surface area (Å²) in [6.45, 7) is 5.17. The van der Waals surface area contributed by atoms with Gasteiger partial charge in [0.15, 0.2) is 0 Å². The second kappa shape index (κ2) is 5.55. The Hall–Kier alpha value is -1.95. The van der Waals surface area contributed by atoms with Crippen LogP contribution in [0.1, 0.15) is 31.2 Å². The van der Waals surface area contributed by atoms with E-state index in [0.717, 1.165) is 53.3 Å². The predicted octanol–water partition coefficient (Wildman–Crippen LogP) is 3.19. The molecule has 1 atom stereocenters. The van der Waals surface area contributed by atoms with Crippen LogP contribution in [-0.2, 0) is 9.59 Å². The van der Waals surface area contributed by atoms with Crippen LogP contribution >= 0.6 is 11.3 Å². The van der Waals surface area contributed by atoms with Crippen LogP contribution < -0.4 is 5.32 Å². The van der Waals surface area contributed by atoms with Crippen molar-refractivity contribution in [1.82, 2.24) is 9.88 Å². The number of aromatic nitrogens is 1. The largest absolute Gasteiger partial charge is 0.343 e. The third-order valence-corrected chi connectivity index (χ3v) is 6.42. The molecule has 4 rings (SSSR count). The Morgan fingerprint density at radius 3 is 2.79 bits per heavy atom. The van der Waals surface area contributed by atoms with Crippen molar-refractivity contribution < 1.29 is 9.59 Å². The minimum atomic E-state index is 0.0828. The van der Waals surface area contributed by atoms with Gasteiger partial charge in [-0.15, -0.1) is 11.3 Å². The normalized spacial score (nSPS) is 21.9. The van der Waals surface area contributed by atoms with Crippen LogP contribution in [0, 0.1) is 18.3 Å². The molecule has 1 aromatic carbocycles. The van der Waals surface area contributed by atoms with E-state index in [1.165, 1.54) is 0 Å². The molecule has 2 fully saturated rings. The first-order valence-corrected chi connectivity index (χ1v) is 9.22. The number of hydrogen-bond donors (Lipinski definition) is 1. The molecule has 5 nitrogen and oxygen atoms in total. The number of fused-ring (bicyclic) bond motifs is 1. The fraction of sp³-hybridized carbons (Fsp3) is 0.500. The van der Waals surface area contributed by atoms with Gasteiger partial charge in [0, 0.05) is 31.6 Å². The van der Waals surface area contributed by atoms with E-state index in [2.05, 4.69) is 10.3 Å². The molecule has 2 amide bonds. The van der Waals surface area contributed by atoms with Gasteiger partial charge in [0.25, 0.3) is 0 Å². The zero-order valence-corrected chi connectivity index (χ0v) is 14.8. The SMILES string of the molecule is CC(=O)N1CCC2(CC1)CC2C(=O)Nc1ccc2sc(C)nc2c1. The maximum Gasteiger partial charge on any atom is 0.228 e. The number of aryl methyl sites for hydroxylation is 1. The molecule has 1 saturated carbocycles. The molecular weight excluding hydrogens is 322 g/mol. The number of thiazole rings is 1. The van der Waals surface area contributed by atoms with Gasteiger partial charge in [-0.25, -0.2) is 4.98 Å². The summed E-state index contributed by atoms with van der Waals surface area (Å²) in [6, 6.07) is 5.92. The lowest BCUT2D eigenvalue weighted by molar-refractivity contribution is -0.130. The van der Waals surface area contributed by atoms with Crippen LogP contribution in [0.5, 0.6) is 0 Å². The molecule has 2 aromatic rings. The van der Waals surface area contributed by atoms with Crippen molar-refractivity contribution in [3.8, 4) is 0 Å². The van der Waals surface area contributed by atoms with E-state index in [-0.39, 0.29) is 23.1 Å². The summed E-state index contributed by atoms with van der Waals surface area (Å²) in [7, 11) is 0. The Morgan fingerprint density at radius 1 is 1.33 bits per heavy atom. The van der Waals surface area contributed by atoms with Gasteiger partial charge in [-0.2, -0.15) is 0 Å². The summed E-state index contributed by atoms with van der Waals surface area (Å²) < 4.78 is 1.14. The number of amides is 2. The summed E-state index contributed by atoms with van der Waals surface area (Å²) in [5.74, 6) is 0.329. The quantitative estimate of drug-likeness (QED) is 0.911. The van der Waals surface area contributed by atoms with Crippen molar-refractivity contribution in [2.75, 3.05) is 18.4 Å². The molecule has 1 unspecified atom stereocenters. The van der Waals surface area contributed by atoms with Gasteiger partial charge >= 0.3 is 0 Å². The van der Waals surface area contributed by atoms with E-state index in [1.807, 2.05) is 30.0 Å². The number of carbonyl (C=O) groups is 2. The van der Waals surface area contributed by atoms with E-state index >= 15 is 0 Å². The lowest BCUT2D eigenvalue weighted by Crippen LogP contribution is -2.38. The van der Waals surface area contributed by atoms with Crippen molar-refractivity contribution in [2.45, 2.75) is 33.1 Å². The van der Waals surface area contributed by atoms with Gasteiger partial charge in [0.05, 0.1) is 15.2 Å². The molecule has 1 aromatic heterocycles. The molecule has 1 spiro atoms. The average Bonchev–Trinajstić information content (AvgIpc) is 3.10.